The maximum absolute atomic E-state index is 12.3. The first-order chi connectivity index (χ1) is 13.6. The molecule has 0 bridgehead atoms. The number of pyridine rings is 1. The average Bonchev–Trinajstić information content (AvgIpc) is 3.08. The van der Waals surface area contributed by atoms with Crippen LogP contribution in [-0.4, -0.2) is 26.3 Å². The van der Waals surface area contributed by atoms with E-state index in [1.807, 2.05) is 24.3 Å². The van der Waals surface area contributed by atoms with Gasteiger partial charge in [-0.1, -0.05) is 18.2 Å². The molecule has 140 valence electrons. The van der Waals surface area contributed by atoms with Gasteiger partial charge < -0.3 is 16.2 Å². The fourth-order valence-corrected chi connectivity index (χ4v) is 2.92. The van der Waals surface area contributed by atoms with Crippen LogP contribution in [0.25, 0.3) is 22.0 Å². The number of amides is 2. The normalized spacial score (nSPS) is 10.8. The number of carbonyl (C=O) groups excluding carboxylic acids is 1. The molecule has 0 radical (unpaired) electrons. The minimum Gasteiger partial charge on any atom is -0.392 e. The zero-order chi connectivity index (χ0) is 19.5. The van der Waals surface area contributed by atoms with Gasteiger partial charge in [-0.15, -0.1) is 0 Å². The number of H-pyrrole nitrogens is 1. The summed E-state index contributed by atoms with van der Waals surface area (Å²) in [5, 5.41) is 22.3. The van der Waals surface area contributed by atoms with Crippen LogP contribution >= 0.6 is 0 Å². The Kier molecular flexibility index (Phi) is 4.61. The fourth-order valence-electron chi connectivity index (χ4n) is 2.92. The summed E-state index contributed by atoms with van der Waals surface area (Å²) in [4.78, 5) is 16.5. The highest BCUT2D eigenvalue weighted by molar-refractivity contribution is 5.99. The maximum Gasteiger partial charge on any atom is 0.324 e. The van der Waals surface area contributed by atoms with E-state index >= 15 is 0 Å². The topological polar surface area (TPSA) is 129 Å². The highest BCUT2D eigenvalue weighted by atomic mass is 16.3. The van der Waals surface area contributed by atoms with Crippen molar-refractivity contribution in [2.75, 3.05) is 16.4 Å². The summed E-state index contributed by atoms with van der Waals surface area (Å²) in [6, 6.07) is 16.0. The number of aromatic amines is 1. The van der Waals surface area contributed by atoms with Gasteiger partial charge in [-0.3, -0.25) is 10.4 Å². The predicted molar refractivity (Wildman–Crippen MR) is 109 cm³/mol. The van der Waals surface area contributed by atoms with Crippen molar-refractivity contribution in [3.8, 4) is 11.1 Å². The monoisotopic (exact) mass is 374 g/mol. The lowest BCUT2D eigenvalue weighted by Crippen LogP contribution is -2.20. The molecule has 0 aliphatic rings. The van der Waals surface area contributed by atoms with E-state index in [2.05, 4.69) is 25.8 Å². The summed E-state index contributed by atoms with van der Waals surface area (Å²) >= 11 is 0. The molecule has 6 N–H and O–H groups in total. The van der Waals surface area contributed by atoms with Crippen molar-refractivity contribution in [1.82, 2.24) is 15.2 Å². The molecular weight excluding hydrogens is 356 g/mol. The number of aliphatic hydroxyl groups excluding tert-OH is 1. The number of hydrogen-bond donors (Lipinski definition) is 5. The number of nitrogens with two attached hydrogens (primary N) is 1. The number of nitrogens with one attached hydrogen (secondary N) is 3. The minimum absolute atomic E-state index is 0.0910. The van der Waals surface area contributed by atoms with Crippen molar-refractivity contribution in [2.24, 2.45) is 0 Å². The zero-order valence-corrected chi connectivity index (χ0v) is 14.8. The first kappa shape index (κ1) is 17.5. The summed E-state index contributed by atoms with van der Waals surface area (Å²) in [5.74, 6) is 0.849. The SMILES string of the molecule is Nc1n[nH]c2ccc(-c3ccnc(NC(=O)Nc4cccc(CO)c4)c3)cc12. The first-order valence-corrected chi connectivity index (χ1v) is 8.60. The second-order valence-corrected chi connectivity index (χ2v) is 6.24. The van der Waals surface area contributed by atoms with Gasteiger partial charge in [0.05, 0.1) is 12.1 Å². The summed E-state index contributed by atoms with van der Waals surface area (Å²) < 4.78 is 0. The van der Waals surface area contributed by atoms with Gasteiger partial charge in [0.25, 0.3) is 0 Å². The van der Waals surface area contributed by atoms with Crippen molar-refractivity contribution >= 4 is 34.3 Å². The van der Waals surface area contributed by atoms with E-state index in [9.17, 15) is 9.90 Å². The molecule has 8 nitrogen and oxygen atoms in total. The highest BCUT2D eigenvalue weighted by Crippen LogP contribution is 2.27. The van der Waals surface area contributed by atoms with Gasteiger partial charge in [0.1, 0.15) is 5.82 Å². The summed E-state index contributed by atoms with van der Waals surface area (Å²) in [7, 11) is 0. The molecule has 0 fully saturated rings. The van der Waals surface area contributed by atoms with Crippen molar-refractivity contribution in [2.45, 2.75) is 6.61 Å². The first-order valence-electron chi connectivity index (χ1n) is 8.60. The number of nitrogens with zero attached hydrogens (tertiary/aromatic N) is 2. The molecule has 2 aromatic heterocycles. The maximum atomic E-state index is 12.3. The molecule has 4 rings (SSSR count). The molecule has 0 saturated heterocycles. The number of benzene rings is 2. The lowest BCUT2D eigenvalue weighted by atomic mass is 10.0. The van der Waals surface area contributed by atoms with Crippen LogP contribution in [-0.2, 0) is 6.61 Å². The van der Waals surface area contributed by atoms with Crippen LogP contribution < -0.4 is 16.4 Å². The molecule has 0 aliphatic carbocycles. The Hall–Kier alpha value is -3.91. The molecule has 0 aliphatic heterocycles. The Morgan fingerprint density at radius 1 is 1.07 bits per heavy atom. The number of hydrogen-bond acceptors (Lipinski definition) is 5. The largest absolute Gasteiger partial charge is 0.392 e. The van der Waals surface area contributed by atoms with Gasteiger partial charge in [0.2, 0.25) is 0 Å². The van der Waals surface area contributed by atoms with E-state index in [-0.39, 0.29) is 6.61 Å². The van der Waals surface area contributed by atoms with Crippen molar-refractivity contribution < 1.29 is 9.90 Å². The van der Waals surface area contributed by atoms with Crippen LogP contribution in [0, 0.1) is 0 Å². The quantitative estimate of drug-likeness (QED) is 0.374. The Labute approximate surface area is 160 Å². The van der Waals surface area contributed by atoms with Gasteiger partial charge >= 0.3 is 6.03 Å². The van der Waals surface area contributed by atoms with Crippen LogP contribution in [0.5, 0.6) is 0 Å². The van der Waals surface area contributed by atoms with Gasteiger partial charge in [-0.05, 0) is 53.1 Å². The Balaban J connectivity index is 1.52. The van der Waals surface area contributed by atoms with Crippen LogP contribution in [0.1, 0.15) is 5.56 Å². The lowest BCUT2D eigenvalue weighted by molar-refractivity contribution is 0.262. The number of urea groups is 1. The van der Waals surface area contributed by atoms with E-state index < -0.39 is 6.03 Å². The van der Waals surface area contributed by atoms with E-state index in [4.69, 9.17) is 5.73 Å². The summed E-state index contributed by atoms with van der Waals surface area (Å²) in [6.07, 6.45) is 1.63. The number of aliphatic hydroxyl groups is 1. The Bertz CT molecular complexity index is 1150. The lowest BCUT2D eigenvalue weighted by Gasteiger charge is -2.09. The van der Waals surface area contributed by atoms with Crippen LogP contribution in [0.3, 0.4) is 0 Å². The fraction of sp³-hybridized carbons (Fsp3) is 0.0500. The molecule has 8 heteroatoms. The third kappa shape index (κ3) is 3.62. The van der Waals surface area contributed by atoms with Crippen LogP contribution in [0.15, 0.2) is 60.8 Å². The van der Waals surface area contributed by atoms with Crippen LogP contribution in [0.4, 0.5) is 22.1 Å². The van der Waals surface area contributed by atoms with Crippen molar-refractivity contribution in [3.05, 3.63) is 66.4 Å². The molecule has 4 aromatic rings. The molecular formula is C20H18N6O2. The van der Waals surface area contributed by atoms with Crippen LogP contribution in [0.2, 0.25) is 0 Å². The number of rotatable bonds is 4. The van der Waals surface area contributed by atoms with Crippen molar-refractivity contribution in [1.29, 1.82) is 0 Å². The number of nitrogen functional groups attached to an aromatic ring is 1. The summed E-state index contributed by atoms with van der Waals surface area (Å²) in [6.45, 7) is -0.0910. The second kappa shape index (κ2) is 7.37. The molecule has 0 unspecified atom stereocenters. The van der Waals surface area contributed by atoms with E-state index in [0.717, 1.165) is 22.0 Å². The molecule has 0 spiro atoms. The van der Waals surface area contributed by atoms with Gasteiger partial charge in [0.15, 0.2) is 5.82 Å². The smallest absolute Gasteiger partial charge is 0.324 e. The van der Waals surface area contributed by atoms with Crippen molar-refractivity contribution in [3.63, 3.8) is 0 Å². The predicted octanol–water partition coefficient (Wildman–Crippen LogP) is 3.34. The molecule has 2 amide bonds. The number of carbonyl (C=O) groups is 1. The zero-order valence-electron chi connectivity index (χ0n) is 14.8. The van der Waals surface area contributed by atoms with E-state index in [1.54, 1.807) is 36.5 Å². The van der Waals surface area contributed by atoms with Gasteiger partial charge in [-0.25, -0.2) is 9.78 Å². The third-order valence-electron chi connectivity index (χ3n) is 4.29. The Morgan fingerprint density at radius 3 is 2.79 bits per heavy atom. The highest BCUT2D eigenvalue weighted by Gasteiger charge is 2.08. The second-order valence-electron chi connectivity index (χ2n) is 6.24. The molecule has 2 heterocycles. The third-order valence-corrected chi connectivity index (χ3v) is 4.29. The molecule has 28 heavy (non-hydrogen) atoms. The average molecular weight is 374 g/mol. The minimum atomic E-state index is -0.422. The van der Waals surface area contributed by atoms with E-state index in [1.165, 1.54) is 0 Å². The Morgan fingerprint density at radius 2 is 1.93 bits per heavy atom. The van der Waals surface area contributed by atoms with Gasteiger partial charge in [-0.2, -0.15) is 5.10 Å². The molecule has 0 saturated carbocycles. The molecule has 2 aromatic carbocycles. The molecule has 0 atom stereocenters. The number of aromatic nitrogens is 3. The van der Waals surface area contributed by atoms with E-state index in [0.29, 0.717) is 22.9 Å². The summed E-state index contributed by atoms with van der Waals surface area (Å²) in [5.41, 5.74) is 9.85. The van der Waals surface area contributed by atoms with Gasteiger partial charge in [0, 0.05) is 17.3 Å². The number of anilines is 3. The standard InChI is InChI=1S/C20H18N6O2/c21-19-16-9-13(4-5-17(16)25-26-19)14-6-7-22-18(10-14)24-20(28)23-15-3-1-2-12(8-15)11-27/h1-10,27H,11H2,(H3,21,25,26)(H2,22,23,24,28). The number of fused-ring (bicyclic) bond motifs is 1.